The fraction of sp³-hybridized carbons (Fsp3) is 0.385. The number of rotatable bonds is 3. The van der Waals surface area contributed by atoms with Crippen molar-refractivity contribution in [1.29, 1.82) is 0 Å². The van der Waals surface area contributed by atoms with Crippen molar-refractivity contribution in [2.45, 2.75) is 38.1 Å². The lowest BCUT2D eigenvalue weighted by Gasteiger charge is -2.19. The molecule has 0 aliphatic heterocycles. The molecule has 1 rings (SSSR count). The summed E-state index contributed by atoms with van der Waals surface area (Å²) in [5.41, 5.74) is 1.10. The Morgan fingerprint density at radius 1 is 1.24 bits per heavy atom. The molecular formula is C13H17NO2S. The van der Waals surface area contributed by atoms with Crippen LogP contribution < -0.4 is 4.72 Å². The first kappa shape index (κ1) is 13.8. The second-order valence-corrected chi connectivity index (χ2v) is 6.30. The van der Waals surface area contributed by atoms with E-state index in [1.54, 1.807) is 32.0 Å². The van der Waals surface area contributed by atoms with E-state index in [2.05, 4.69) is 10.6 Å². The molecule has 0 bridgehead atoms. The molecule has 0 saturated carbocycles. The first-order valence-electron chi connectivity index (χ1n) is 5.27. The van der Waals surface area contributed by atoms with E-state index in [4.69, 9.17) is 6.42 Å². The second-order valence-electron chi connectivity index (χ2n) is 4.62. The molecule has 1 aromatic rings. The summed E-state index contributed by atoms with van der Waals surface area (Å²) in [6, 6.07) is 5.01. The van der Waals surface area contributed by atoms with Crippen LogP contribution in [0.15, 0.2) is 23.1 Å². The number of aryl methyl sites for hydroxylation is 2. The average Bonchev–Trinajstić information content (AvgIpc) is 2.20. The maximum Gasteiger partial charge on any atom is 0.241 e. The monoisotopic (exact) mass is 251 g/mol. The summed E-state index contributed by atoms with van der Waals surface area (Å²) >= 11 is 0. The number of hydrogen-bond acceptors (Lipinski definition) is 2. The van der Waals surface area contributed by atoms with E-state index in [1.807, 2.05) is 13.8 Å². The molecule has 1 N–H and O–H groups in total. The fourth-order valence-electron chi connectivity index (χ4n) is 1.31. The van der Waals surface area contributed by atoms with E-state index in [1.165, 1.54) is 0 Å². The molecule has 1 aromatic carbocycles. The molecule has 0 fully saturated rings. The summed E-state index contributed by atoms with van der Waals surface area (Å²) in [7, 11) is -3.56. The zero-order chi connectivity index (χ0) is 13.3. The third-order valence-electron chi connectivity index (χ3n) is 2.54. The van der Waals surface area contributed by atoms with Crippen LogP contribution in [0.5, 0.6) is 0 Å². The van der Waals surface area contributed by atoms with Crippen molar-refractivity contribution in [2.75, 3.05) is 0 Å². The minimum absolute atomic E-state index is 0.240. The predicted octanol–water partition coefficient (Wildman–Crippen LogP) is 1.99. The maximum atomic E-state index is 12.1. The lowest BCUT2D eigenvalue weighted by molar-refractivity contribution is 0.539. The Balaban J connectivity index is 3.16. The molecule has 0 spiro atoms. The van der Waals surface area contributed by atoms with Gasteiger partial charge in [0.1, 0.15) is 0 Å². The van der Waals surface area contributed by atoms with Gasteiger partial charge in [0.15, 0.2) is 0 Å². The van der Waals surface area contributed by atoms with Gasteiger partial charge in [0.2, 0.25) is 10.0 Å². The van der Waals surface area contributed by atoms with Crippen molar-refractivity contribution in [1.82, 2.24) is 4.72 Å². The highest BCUT2D eigenvalue weighted by atomic mass is 32.2. The molecule has 3 nitrogen and oxygen atoms in total. The Kier molecular flexibility index (Phi) is 3.65. The number of hydrogen-bond donors (Lipinski definition) is 1. The van der Waals surface area contributed by atoms with Gasteiger partial charge in [-0.25, -0.2) is 8.42 Å². The molecule has 0 atom stereocenters. The lowest BCUT2D eigenvalue weighted by Crippen LogP contribution is -2.41. The molecule has 0 unspecified atom stereocenters. The minimum Gasteiger partial charge on any atom is -0.207 e. The SMILES string of the molecule is C#CC(C)(C)NS(=O)(=O)c1ccc(C)c(C)c1. The zero-order valence-electron chi connectivity index (χ0n) is 10.5. The topological polar surface area (TPSA) is 46.2 Å². The fourth-order valence-corrected chi connectivity index (χ4v) is 2.73. The van der Waals surface area contributed by atoms with E-state index < -0.39 is 15.6 Å². The van der Waals surface area contributed by atoms with Gasteiger partial charge in [0, 0.05) is 0 Å². The van der Waals surface area contributed by atoms with Gasteiger partial charge in [-0.1, -0.05) is 12.0 Å². The highest BCUT2D eigenvalue weighted by Gasteiger charge is 2.24. The predicted molar refractivity (Wildman–Crippen MR) is 69.1 cm³/mol. The quantitative estimate of drug-likeness (QED) is 0.835. The molecule has 4 heteroatoms. The molecule has 92 valence electrons. The van der Waals surface area contributed by atoms with Gasteiger partial charge in [-0.2, -0.15) is 4.72 Å². The smallest absolute Gasteiger partial charge is 0.207 e. The first-order chi connectivity index (χ1) is 7.68. The van der Waals surface area contributed by atoms with Crippen molar-refractivity contribution < 1.29 is 8.42 Å². The first-order valence-corrected chi connectivity index (χ1v) is 6.75. The highest BCUT2D eigenvalue weighted by Crippen LogP contribution is 2.16. The van der Waals surface area contributed by atoms with Gasteiger partial charge < -0.3 is 0 Å². The molecule has 0 aliphatic carbocycles. The van der Waals surface area contributed by atoms with Crippen LogP contribution in [0.4, 0.5) is 0 Å². The molecule has 0 radical (unpaired) electrons. The van der Waals surface area contributed by atoms with E-state index >= 15 is 0 Å². The van der Waals surface area contributed by atoms with Gasteiger partial charge >= 0.3 is 0 Å². The molecular weight excluding hydrogens is 234 g/mol. The maximum absolute atomic E-state index is 12.1. The van der Waals surface area contributed by atoms with Crippen LogP contribution in [0.2, 0.25) is 0 Å². The third kappa shape index (κ3) is 3.32. The number of sulfonamides is 1. The summed E-state index contributed by atoms with van der Waals surface area (Å²) in [4.78, 5) is 0.240. The van der Waals surface area contributed by atoms with Gasteiger partial charge in [-0.05, 0) is 51.0 Å². The van der Waals surface area contributed by atoms with Crippen LogP contribution in [-0.2, 0) is 10.0 Å². The Morgan fingerprint density at radius 2 is 1.82 bits per heavy atom. The van der Waals surface area contributed by atoms with Crippen molar-refractivity contribution in [3.8, 4) is 12.3 Å². The van der Waals surface area contributed by atoms with Crippen LogP contribution in [0.25, 0.3) is 0 Å². The molecule has 0 aliphatic rings. The Bertz CT molecular complexity index is 566. The molecule has 0 heterocycles. The van der Waals surface area contributed by atoms with Crippen molar-refractivity contribution in [3.05, 3.63) is 29.3 Å². The van der Waals surface area contributed by atoms with E-state index in [0.29, 0.717) is 0 Å². The lowest BCUT2D eigenvalue weighted by atomic mass is 10.1. The van der Waals surface area contributed by atoms with Crippen molar-refractivity contribution in [3.63, 3.8) is 0 Å². The molecule has 0 aromatic heterocycles. The molecule has 0 amide bonds. The van der Waals surface area contributed by atoms with Gasteiger partial charge in [0.25, 0.3) is 0 Å². The van der Waals surface area contributed by atoms with E-state index in [-0.39, 0.29) is 4.90 Å². The number of benzene rings is 1. The van der Waals surface area contributed by atoms with Crippen LogP contribution in [0.1, 0.15) is 25.0 Å². The summed E-state index contributed by atoms with van der Waals surface area (Å²) in [5, 5.41) is 0. The number of terminal acetylenes is 1. The van der Waals surface area contributed by atoms with Crippen LogP contribution in [-0.4, -0.2) is 14.0 Å². The Morgan fingerprint density at radius 3 is 2.29 bits per heavy atom. The Hall–Kier alpha value is -1.31. The van der Waals surface area contributed by atoms with E-state index in [9.17, 15) is 8.42 Å². The number of nitrogens with one attached hydrogen (secondary N) is 1. The van der Waals surface area contributed by atoms with Gasteiger partial charge in [-0.15, -0.1) is 6.42 Å². The van der Waals surface area contributed by atoms with Crippen LogP contribution in [0, 0.1) is 26.2 Å². The van der Waals surface area contributed by atoms with Gasteiger partial charge in [-0.3, -0.25) is 0 Å². The zero-order valence-corrected chi connectivity index (χ0v) is 11.4. The second kappa shape index (κ2) is 4.52. The highest BCUT2D eigenvalue weighted by molar-refractivity contribution is 7.89. The molecule has 17 heavy (non-hydrogen) atoms. The largest absolute Gasteiger partial charge is 0.241 e. The van der Waals surface area contributed by atoms with E-state index in [0.717, 1.165) is 11.1 Å². The van der Waals surface area contributed by atoms with Gasteiger partial charge in [0.05, 0.1) is 10.4 Å². The average molecular weight is 251 g/mol. The summed E-state index contributed by atoms with van der Waals surface area (Å²) < 4.78 is 26.6. The minimum atomic E-state index is -3.56. The van der Waals surface area contributed by atoms with Crippen molar-refractivity contribution in [2.24, 2.45) is 0 Å². The standard InChI is InChI=1S/C13H17NO2S/c1-6-13(4,5)14-17(15,16)12-8-7-10(2)11(3)9-12/h1,7-9,14H,2-5H3. The Labute approximate surface area is 103 Å². The van der Waals surface area contributed by atoms with Crippen LogP contribution >= 0.6 is 0 Å². The third-order valence-corrected chi connectivity index (χ3v) is 4.19. The van der Waals surface area contributed by atoms with Crippen molar-refractivity contribution >= 4 is 10.0 Å². The summed E-state index contributed by atoms with van der Waals surface area (Å²) in [5.74, 6) is 2.40. The summed E-state index contributed by atoms with van der Waals surface area (Å²) in [6.07, 6.45) is 5.27. The molecule has 0 saturated heterocycles. The normalized spacial score (nSPS) is 12.2. The van der Waals surface area contributed by atoms with Crippen LogP contribution in [0.3, 0.4) is 0 Å². The summed E-state index contributed by atoms with van der Waals surface area (Å²) in [6.45, 7) is 7.10.